The molecule has 0 radical (unpaired) electrons. The molecular weight excluding hydrogens is 490 g/mol. The summed E-state index contributed by atoms with van der Waals surface area (Å²) >= 11 is 0. The summed E-state index contributed by atoms with van der Waals surface area (Å²) < 4.78 is 88.7. The maximum atomic E-state index is 14.7. The Kier molecular flexibility index (Phi) is 8.30. The lowest BCUT2D eigenvalue weighted by molar-refractivity contribution is -0.132. The maximum absolute atomic E-state index is 14.7. The molecule has 3 aromatic rings. The smallest absolute Gasteiger partial charge is 0.419 e. The number of halogens is 6. The number of hydrogen-bond acceptors (Lipinski definition) is 1. The third-order valence-electron chi connectivity index (χ3n) is 6.86. The van der Waals surface area contributed by atoms with Crippen molar-refractivity contribution < 1.29 is 31.1 Å². The molecule has 0 aliphatic heterocycles. The number of ether oxygens (including phenoxy) is 1. The van der Waals surface area contributed by atoms with Gasteiger partial charge in [-0.3, -0.25) is 0 Å². The van der Waals surface area contributed by atoms with Crippen LogP contribution in [-0.4, -0.2) is 6.11 Å². The second kappa shape index (κ2) is 11.4. The zero-order valence-corrected chi connectivity index (χ0v) is 20.4. The quantitative estimate of drug-likeness (QED) is 0.164. The minimum Gasteiger partial charge on any atom is -0.429 e. The normalized spacial score (nSPS) is 18.4. The van der Waals surface area contributed by atoms with Gasteiger partial charge in [0.05, 0.1) is 0 Å². The van der Waals surface area contributed by atoms with Crippen LogP contribution in [0.3, 0.4) is 0 Å². The van der Waals surface area contributed by atoms with Crippen molar-refractivity contribution in [3.05, 3.63) is 90.0 Å². The summed E-state index contributed by atoms with van der Waals surface area (Å²) in [4.78, 5) is 0. The summed E-state index contributed by atoms with van der Waals surface area (Å²) in [6, 6.07) is 11.2. The molecule has 0 saturated heterocycles. The second-order valence-electron chi connectivity index (χ2n) is 9.57. The summed E-state index contributed by atoms with van der Waals surface area (Å²) in [5.41, 5.74) is 0.693. The van der Waals surface area contributed by atoms with E-state index in [0.717, 1.165) is 44.2 Å². The van der Waals surface area contributed by atoms with Crippen LogP contribution in [0.4, 0.5) is 26.3 Å². The summed E-state index contributed by atoms with van der Waals surface area (Å²) in [5.74, 6) is -4.45. The molecule has 4 rings (SSSR count). The minimum absolute atomic E-state index is 0.0422. The van der Waals surface area contributed by atoms with Gasteiger partial charge in [0.1, 0.15) is 11.6 Å². The van der Waals surface area contributed by atoms with E-state index in [1.807, 2.05) is 0 Å². The number of benzene rings is 3. The zero-order valence-electron chi connectivity index (χ0n) is 20.4. The second-order valence-corrected chi connectivity index (χ2v) is 9.57. The lowest BCUT2D eigenvalue weighted by Gasteiger charge is -2.26. The van der Waals surface area contributed by atoms with Crippen LogP contribution in [0.2, 0.25) is 0 Å². The Morgan fingerprint density at radius 1 is 0.784 bits per heavy atom. The van der Waals surface area contributed by atoms with Crippen LogP contribution in [-0.2, 0) is 0 Å². The van der Waals surface area contributed by atoms with Gasteiger partial charge in [-0.2, -0.15) is 8.78 Å². The number of hydrogen-bond donors (Lipinski definition) is 0. The summed E-state index contributed by atoms with van der Waals surface area (Å²) in [6.07, 6.45) is 5.20. The molecular formula is C30H28F6O. The fourth-order valence-electron chi connectivity index (χ4n) is 4.87. The summed E-state index contributed by atoms with van der Waals surface area (Å²) in [5, 5.41) is 0. The number of alkyl halides is 2. The largest absolute Gasteiger partial charge is 0.429 e. The van der Waals surface area contributed by atoms with Crippen LogP contribution < -0.4 is 4.74 Å². The first kappa shape index (κ1) is 26.8. The first-order valence-electron chi connectivity index (χ1n) is 12.5. The minimum atomic E-state index is -3.46. The molecule has 1 saturated carbocycles. The van der Waals surface area contributed by atoms with Gasteiger partial charge in [0.15, 0.2) is 17.5 Å². The molecule has 0 heterocycles. The molecule has 0 unspecified atom stereocenters. The fraction of sp³-hybridized carbons (Fsp3) is 0.333. The standard InChI is InChI=1S/C30H28F6O/c1-2-3-19-4-6-20(7-5-19)14-15-30(35,36)37-24-11-8-21(9-12-24)22-10-13-25(26(31)16-22)23-17-27(32)29(34)28(33)18-23/h8-20H,2-7H2,1H3/b15-14+. The highest BCUT2D eigenvalue weighted by atomic mass is 19.3. The van der Waals surface area contributed by atoms with Gasteiger partial charge in [0, 0.05) is 11.6 Å². The van der Waals surface area contributed by atoms with Crippen molar-refractivity contribution in [2.75, 3.05) is 0 Å². The molecule has 0 N–H and O–H groups in total. The molecule has 1 nitrogen and oxygen atoms in total. The topological polar surface area (TPSA) is 9.23 Å². The highest BCUT2D eigenvalue weighted by Gasteiger charge is 2.29. The van der Waals surface area contributed by atoms with Crippen molar-refractivity contribution in [2.45, 2.75) is 51.6 Å². The molecule has 1 aliphatic rings. The van der Waals surface area contributed by atoms with E-state index in [1.165, 1.54) is 42.8 Å². The Bertz CT molecular complexity index is 1220. The van der Waals surface area contributed by atoms with Crippen molar-refractivity contribution in [1.29, 1.82) is 0 Å². The Labute approximate surface area is 212 Å². The van der Waals surface area contributed by atoms with Gasteiger partial charge in [-0.15, -0.1) is 0 Å². The van der Waals surface area contributed by atoms with E-state index in [9.17, 15) is 26.3 Å². The molecule has 7 heteroatoms. The summed E-state index contributed by atoms with van der Waals surface area (Å²) in [6.45, 7) is 2.16. The van der Waals surface area contributed by atoms with Gasteiger partial charge in [-0.25, -0.2) is 17.6 Å². The van der Waals surface area contributed by atoms with Crippen molar-refractivity contribution >= 4 is 0 Å². The molecule has 1 fully saturated rings. The zero-order chi connectivity index (χ0) is 26.6. The molecule has 0 spiro atoms. The van der Waals surface area contributed by atoms with Crippen LogP contribution in [0.25, 0.3) is 22.3 Å². The van der Waals surface area contributed by atoms with E-state index in [1.54, 1.807) is 6.08 Å². The highest BCUT2D eigenvalue weighted by molar-refractivity contribution is 5.71. The van der Waals surface area contributed by atoms with E-state index in [0.29, 0.717) is 29.2 Å². The van der Waals surface area contributed by atoms with Crippen molar-refractivity contribution in [1.82, 2.24) is 0 Å². The van der Waals surface area contributed by atoms with E-state index >= 15 is 0 Å². The van der Waals surface area contributed by atoms with Crippen LogP contribution in [0.1, 0.15) is 45.4 Å². The Morgan fingerprint density at radius 3 is 1.97 bits per heavy atom. The lowest BCUT2D eigenvalue weighted by Crippen LogP contribution is -2.22. The molecule has 1 aliphatic carbocycles. The van der Waals surface area contributed by atoms with Crippen molar-refractivity contribution in [3.63, 3.8) is 0 Å². The van der Waals surface area contributed by atoms with Crippen LogP contribution in [0.15, 0.2) is 66.7 Å². The Morgan fingerprint density at radius 2 is 1.38 bits per heavy atom. The van der Waals surface area contributed by atoms with Crippen molar-refractivity contribution in [3.8, 4) is 28.0 Å². The molecule has 0 aromatic heterocycles. The van der Waals surface area contributed by atoms with Crippen LogP contribution >= 0.6 is 0 Å². The third-order valence-corrected chi connectivity index (χ3v) is 6.86. The lowest BCUT2D eigenvalue weighted by atomic mass is 9.80. The average molecular weight is 519 g/mol. The van der Waals surface area contributed by atoms with Gasteiger partial charge < -0.3 is 4.74 Å². The molecule has 0 atom stereocenters. The molecule has 0 bridgehead atoms. The van der Waals surface area contributed by atoms with Gasteiger partial charge in [-0.1, -0.05) is 50.1 Å². The highest BCUT2D eigenvalue weighted by Crippen LogP contribution is 2.34. The predicted octanol–water partition coefficient (Wildman–Crippen LogP) is 9.71. The molecule has 3 aromatic carbocycles. The van der Waals surface area contributed by atoms with Gasteiger partial charge in [0.25, 0.3) is 0 Å². The van der Waals surface area contributed by atoms with Crippen molar-refractivity contribution in [2.24, 2.45) is 11.8 Å². The summed E-state index contributed by atoms with van der Waals surface area (Å²) in [7, 11) is 0. The average Bonchev–Trinajstić information content (AvgIpc) is 2.87. The SMILES string of the molecule is CCCC1CCC(/C=C/C(F)(F)Oc2ccc(-c3ccc(-c4cc(F)c(F)c(F)c4)c(F)c3)cc2)CC1. The Hall–Kier alpha value is -3.22. The van der Waals surface area contributed by atoms with E-state index < -0.39 is 29.4 Å². The van der Waals surface area contributed by atoms with Gasteiger partial charge in [0.2, 0.25) is 0 Å². The number of allylic oxidation sites excluding steroid dienone is 1. The molecule has 37 heavy (non-hydrogen) atoms. The van der Waals surface area contributed by atoms with Gasteiger partial charge >= 0.3 is 6.11 Å². The maximum Gasteiger partial charge on any atom is 0.419 e. The van der Waals surface area contributed by atoms with E-state index in [2.05, 4.69) is 6.92 Å². The fourth-order valence-corrected chi connectivity index (χ4v) is 4.87. The first-order valence-corrected chi connectivity index (χ1v) is 12.5. The Balaban J connectivity index is 1.40. The monoisotopic (exact) mass is 518 g/mol. The third kappa shape index (κ3) is 6.76. The first-order chi connectivity index (χ1) is 17.6. The molecule has 196 valence electrons. The van der Waals surface area contributed by atoms with Gasteiger partial charge in [-0.05, 0) is 84.5 Å². The predicted molar refractivity (Wildman–Crippen MR) is 132 cm³/mol. The van der Waals surface area contributed by atoms with Crippen LogP contribution in [0.5, 0.6) is 5.75 Å². The van der Waals surface area contributed by atoms with E-state index in [-0.39, 0.29) is 22.8 Å². The number of rotatable bonds is 8. The van der Waals surface area contributed by atoms with E-state index in [4.69, 9.17) is 4.74 Å². The molecule has 0 amide bonds. The van der Waals surface area contributed by atoms with Crippen LogP contribution in [0, 0.1) is 35.1 Å².